The number of benzene rings is 1. The van der Waals surface area contributed by atoms with Crippen LogP contribution in [0.15, 0.2) is 30.3 Å². The predicted molar refractivity (Wildman–Crippen MR) is 103 cm³/mol. The Labute approximate surface area is 160 Å². The van der Waals surface area contributed by atoms with E-state index in [1.165, 1.54) is 23.8 Å². The van der Waals surface area contributed by atoms with Crippen molar-refractivity contribution in [2.45, 2.75) is 38.1 Å². The van der Waals surface area contributed by atoms with Gasteiger partial charge in [-0.3, -0.25) is 10.1 Å². The molecule has 2 N–H and O–H groups in total. The van der Waals surface area contributed by atoms with Gasteiger partial charge in [-0.2, -0.15) is 0 Å². The highest BCUT2D eigenvalue weighted by Gasteiger charge is 2.17. The van der Waals surface area contributed by atoms with Crippen molar-refractivity contribution in [3.05, 3.63) is 35.3 Å². The highest BCUT2D eigenvalue weighted by molar-refractivity contribution is 7.19. The van der Waals surface area contributed by atoms with Gasteiger partial charge in [-0.05, 0) is 31.1 Å². The molecule has 1 fully saturated rings. The van der Waals surface area contributed by atoms with Crippen LogP contribution in [0.1, 0.15) is 37.1 Å². The van der Waals surface area contributed by atoms with E-state index in [0.29, 0.717) is 5.01 Å². The van der Waals surface area contributed by atoms with Gasteiger partial charge in [0.2, 0.25) is 0 Å². The second kappa shape index (κ2) is 9.27. The van der Waals surface area contributed by atoms with Gasteiger partial charge in [0.1, 0.15) is 5.01 Å². The van der Waals surface area contributed by atoms with Gasteiger partial charge >= 0.3 is 12.0 Å². The van der Waals surface area contributed by atoms with Crippen molar-refractivity contribution < 1.29 is 19.1 Å². The number of esters is 1. The van der Waals surface area contributed by atoms with Crippen LogP contribution in [0.4, 0.5) is 4.79 Å². The summed E-state index contributed by atoms with van der Waals surface area (Å²) in [4.78, 5) is 39.6. The van der Waals surface area contributed by atoms with Crippen molar-refractivity contribution in [2.24, 2.45) is 0 Å². The lowest BCUT2D eigenvalue weighted by molar-refractivity contribution is -0.143. The van der Waals surface area contributed by atoms with Crippen LogP contribution in [0, 0.1) is 0 Å². The number of carbonyl (C=O) groups is 3. The minimum atomic E-state index is -0.669. The molecule has 3 amide bonds. The smallest absolute Gasteiger partial charge is 0.331 e. The van der Waals surface area contributed by atoms with Crippen molar-refractivity contribution in [2.75, 3.05) is 6.61 Å². The fourth-order valence-corrected chi connectivity index (χ4v) is 3.79. The van der Waals surface area contributed by atoms with Crippen LogP contribution in [0.25, 0.3) is 16.3 Å². The second-order valence-electron chi connectivity index (χ2n) is 6.32. The SMILES string of the molecule is O=C(COC(=O)/C=C/c1nc2ccccc2s1)NC(=O)NC1CCCCC1. The van der Waals surface area contributed by atoms with Crippen molar-refractivity contribution in [1.82, 2.24) is 15.6 Å². The number of urea groups is 1. The van der Waals surface area contributed by atoms with Crippen LogP contribution in [0.5, 0.6) is 0 Å². The standard InChI is InChI=1S/C19H21N3O4S/c23-16(22-19(25)20-13-6-2-1-3-7-13)12-26-18(24)11-10-17-21-14-8-4-5-9-15(14)27-17/h4-5,8-11,13H,1-3,6-7,12H2,(H2,20,22,23,25)/b11-10+. The fraction of sp³-hybridized carbons (Fsp3) is 0.368. The number of aromatic nitrogens is 1. The number of hydrogen-bond acceptors (Lipinski definition) is 6. The lowest BCUT2D eigenvalue weighted by Crippen LogP contribution is -2.46. The first kappa shape index (κ1) is 19.0. The summed E-state index contributed by atoms with van der Waals surface area (Å²) in [5.41, 5.74) is 0.860. The van der Waals surface area contributed by atoms with Gasteiger partial charge in [0.05, 0.1) is 10.2 Å². The molecule has 0 spiro atoms. The van der Waals surface area contributed by atoms with E-state index in [1.807, 2.05) is 24.3 Å². The highest BCUT2D eigenvalue weighted by Crippen LogP contribution is 2.22. The third-order valence-corrected chi connectivity index (χ3v) is 5.21. The van der Waals surface area contributed by atoms with E-state index in [-0.39, 0.29) is 6.04 Å². The number of hydrogen-bond donors (Lipinski definition) is 2. The van der Waals surface area contributed by atoms with E-state index >= 15 is 0 Å². The first-order valence-electron chi connectivity index (χ1n) is 8.91. The number of thiazole rings is 1. The molecule has 8 heteroatoms. The summed E-state index contributed by atoms with van der Waals surface area (Å²) in [5, 5.41) is 5.61. The van der Waals surface area contributed by atoms with Crippen molar-refractivity contribution >= 4 is 45.5 Å². The molecule has 0 aliphatic heterocycles. The highest BCUT2D eigenvalue weighted by atomic mass is 32.1. The minimum Gasteiger partial charge on any atom is -0.452 e. The molecular weight excluding hydrogens is 366 g/mol. The van der Waals surface area contributed by atoms with Crippen molar-refractivity contribution in [1.29, 1.82) is 0 Å². The second-order valence-corrected chi connectivity index (χ2v) is 7.38. The molecule has 7 nitrogen and oxygen atoms in total. The predicted octanol–water partition coefficient (Wildman–Crippen LogP) is 3.01. The summed E-state index contributed by atoms with van der Waals surface area (Å²) >= 11 is 1.45. The lowest BCUT2D eigenvalue weighted by Gasteiger charge is -2.22. The first-order valence-corrected chi connectivity index (χ1v) is 9.72. The Morgan fingerprint density at radius 1 is 1.19 bits per heavy atom. The van der Waals surface area contributed by atoms with Crippen LogP contribution in [0.2, 0.25) is 0 Å². The molecule has 0 radical (unpaired) electrons. The number of imide groups is 1. The molecule has 27 heavy (non-hydrogen) atoms. The van der Waals surface area contributed by atoms with Crippen LogP contribution in [0.3, 0.4) is 0 Å². The monoisotopic (exact) mass is 387 g/mol. The number of fused-ring (bicyclic) bond motifs is 1. The van der Waals surface area contributed by atoms with Gasteiger partial charge in [-0.25, -0.2) is 14.6 Å². The summed E-state index contributed by atoms with van der Waals surface area (Å²) in [6.45, 7) is -0.513. The molecule has 2 aromatic rings. The van der Waals surface area contributed by atoms with Gasteiger partial charge in [-0.1, -0.05) is 31.4 Å². The van der Waals surface area contributed by atoms with Crippen molar-refractivity contribution in [3.63, 3.8) is 0 Å². The minimum absolute atomic E-state index is 0.103. The largest absolute Gasteiger partial charge is 0.452 e. The zero-order chi connectivity index (χ0) is 19.1. The van der Waals surface area contributed by atoms with Crippen molar-refractivity contribution in [3.8, 4) is 0 Å². The molecular formula is C19H21N3O4S. The summed E-state index contributed by atoms with van der Waals surface area (Å²) in [7, 11) is 0. The van der Waals surface area contributed by atoms with Crippen LogP contribution in [-0.2, 0) is 14.3 Å². The maximum absolute atomic E-state index is 11.8. The number of para-hydroxylation sites is 1. The van der Waals surface area contributed by atoms with Crippen LogP contribution < -0.4 is 10.6 Å². The molecule has 0 unspecified atom stereocenters. The van der Waals surface area contributed by atoms with E-state index in [2.05, 4.69) is 15.6 Å². The normalized spacial score (nSPS) is 15.0. The molecule has 1 aromatic carbocycles. The number of carbonyl (C=O) groups excluding carboxylic acids is 3. The maximum Gasteiger partial charge on any atom is 0.331 e. The molecule has 1 aliphatic rings. The number of nitrogens with zero attached hydrogens (tertiary/aromatic N) is 1. The average Bonchev–Trinajstić information content (AvgIpc) is 3.08. The molecule has 1 aliphatic carbocycles. The van der Waals surface area contributed by atoms with E-state index in [0.717, 1.165) is 35.9 Å². The number of amides is 3. The Bertz CT molecular complexity index is 823. The van der Waals surface area contributed by atoms with Crippen LogP contribution >= 0.6 is 11.3 Å². The molecule has 142 valence electrons. The van der Waals surface area contributed by atoms with E-state index in [4.69, 9.17) is 4.74 Å². The Balaban J connectivity index is 1.40. The Hall–Kier alpha value is -2.74. The van der Waals surface area contributed by atoms with Gasteiger partial charge in [0, 0.05) is 12.1 Å². The summed E-state index contributed by atoms with van der Waals surface area (Å²) < 4.78 is 5.87. The molecule has 0 atom stereocenters. The maximum atomic E-state index is 11.8. The molecule has 3 rings (SSSR count). The Morgan fingerprint density at radius 3 is 2.74 bits per heavy atom. The molecule has 0 saturated heterocycles. The van der Waals surface area contributed by atoms with Crippen LogP contribution in [-0.4, -0.2) is 35.5 Å². The van der Waals surface area contributed by atoms with Gasteiger partial charge in [0.15, 0.2) is 6.61 Å². The zero-order valence-corrected chi connectivity index (χ0v) is 15.6. The molecule has 1 aromatic heterocycles. The topological polar surface area (TPSA) is 97.4 Å². The van der Waals surface area contributed by atoms with E-state index < -0.39 is 24.5 Å². The van der Waals surface area contributed by atoms with Gasteiger partial charge in [0.25, 0.3) is 5.91 Å². The van der Waals surface area contributed by atoms with E-state index in [9.17, 15) is 14.4 Å². The zero-order valence-electron chi connectivity index (χ0n) is 14.8. The van der Waals surface area contributed by atoms with Gasteiger partial charge < -0.3 is 10.1 Å². The number of nitrogens with one attached hydrogen (secondary N) is 2. The summed E-state index contributed by atoms with van der Waals surface area (Å²) in [6, 6.07) is 7.21. The third kappa shape index (κ3) is 5.89. The number of rotatable bonds is 5. The Morgan fingerprint density at radius 2 is 1.96 bits per heavy atom. The van der Waals surface area contributed by atoms with Gasteiger partial charge in [-0.15, -0.1) is 11.3 Å². The van der Waals surface area contributed by atoms with E-state index in [1.54, 1.807) is 6.08 Å². The molecule has 1 saturated carbocycles. The first-order chi connectivity index (χ1) is 13.1. The fourth-order valence-electron chi connectivity index (χ4n) is 2.92. The summed E-state index contributed by atoms with van der Waals surface area (Å²) in [6.07, 6.45) is 7.95. The lowest BCUT2D eigenvalue weighted by atomic mass is 9.96. The summed E-state index contributed by atoms with van der Waals surface area (Å²) in [5.74, 6) is -1.33. The number of ether oxygens (including phenoxy) is 1. The third-order valence-electron chi connectivity index (χ3n) is 4.21. The quantitative estimate of drug-likeness (QED) is 0.607. The molecule has 1 heterocycles. The molecule has 0 bridgehead atoms. The average molecular weight is 387 g/mol. The Kier molecular flexibility index (Phi) is 6.54.